The number of nitrogens with two attached hydrogens (primary N) is 1. The Kier molecular flexibility index (Phi) is 3.20. The van der Waals surface area contributed by atoms with Crippen LogP contribution in [0.4, 0.5) is 19.1 Å². The maximum Gasteiger partial charge on any atom is 0.453 e. The molecule has 0 aliphatic rings. The summed E-state index contributed by atoms with van der Waals surface area (Å²) in [5.41, 5.74) is 6.00. The van der Waals surface area contributed by atoms with E-state index in [9.17, 15) is 21.6 Å². The molecule has 0 amide bonds. The normalized spacial score (nSPS) is 12.6. The number of benzene rings is 1. The monoisotopic (exact) mass is 306 g/mol. The van der Waals surface area contributed by atoms with Crippen molar-refractivity contribution in [1.29, 1.82) is 0 Å². The maximum atomic E-state index is 12.4. The highest BCUT2D eigenvalue weighted by Crippen LogP contribution is 2.28. The predicted octanol–water partition coefficient (Wildman–Crippen LogP) is 1.42. The lowest BCUT2D eigenvalue weighted by molar-refractivity contribution is -0.144. The second-order valence-electron chi connectivity index (χ2n) is 3.95. The second-order valence-corrected chi connectivity index (χ2v) is 5.72. The quantitative estimate of drug-likeness (QED) is 0.906. The van der Waals surface area contributed by atoms with E-state index in [1.807, 2.05) is 0 Å². The largest absolute Gasteiger partial charge is 0.453 e. The van der Waals surface area contributed by atoms with E-state index >= 15 is 0 Å². The van der Waals surface area contributed by atoms with E-state index in [1.54, 1.807) is 6.92 Å². The molecule has 2 rings (SSSR count). The minimum atomic E-state index is -4.87. The summed E-state index contributed by atoms with van der Waals surface area (Å²) in [6.07, 6.45) is -4.87. The van der Waals surface area contributed by atoms with E-state index in [-0.39, 0.29) is 8.98 Å². The van der Waals surface area contributed by atoms with Crippen LogP contribution in [0.5, 0.6) is 0 Å². The van der Waals surface area contributed by atoms with E-state index in [2.05, 4.69) is 10.1 Å². The third kappa shape index (κ3) is 2.46. The van der Waals surface area contributed by atoms with E-state index in [4.69, 9.17) is 5.73 Å². The van der Waals surface area contributed by atoms with E-state index < -0.39 is 28.0 Å². The molecule has 0 fully saturated rings. The minimum Gasteiger partial charge on any atom is -0.367 e. The topological polar surface area (TPSA) is 90.9 Å². The van der Waals surface area contributed by atoms with Crippen molar-refractivity contribution in [3.8, 4) is 0 Å². The summed E-state index contributed by atoms with van der Waals surface area (Å²) in [7, 11) is -4.31. The highest BCUT2D eigenvalue weighted by atomic mass is 32.2. The fourth-order valence-electron chi connectivity index (χ4n) is 1.42. The van der Waals surface area contributed by atoms with Gasteiger partial charge in [-0.3, -0.25) is 0 Å². The van der Waals surface area contributed by atoms with Gasteiger partial charge in [-0.25, -0.2) is 0 Å². The van der Waals surface area contributed by atoms with E-state index in [0.717, 1.165) is 5.56 Å². The first-order chi connectivity index (χ1) is 9.12. The number of alkyl halides is 3. The van der Waals surface area contributed by atoms with Crippen LogP contribution < -0.4 is 5.73 Å². The number of nitrogen functional groups attached to an aromatic ring is 1. The molecule has 0 saturated carbocycles. The zero-order valence-electron chi connectivity index (χ0n) is 10.1. The molecule has 0 radical (unpaired) electrons. The number of anilines is 1. The van der Waals surface area contributed by atoms with Crippen molar-refractivity contribution in [3.63, 3.8) is 0 Å². The van der Waals surface area contributed by atoms with Gasteiger partial charge < -0.3 is 5.73 Å². The maximum absolute atomic E-state index is 12.4. The predicted molar refractivity (Wildman–Crippen MR) is 63.2 cm³/mol. The number of halogens is 3. The summed E-state index contributed by atoms with van der Waals surface area (Å²) in [6.45, 7) is 1.74. The number of hydrogen-bond donors (Lipinski definition) is 1. The molecule has 0 aliphatic carbocycles. The summed E-state index contributed by atoms with van der Waals surface area (Å²) < 4.78 is 61.6. The molecule has 0 unspecified atom stereocenters. The minimum absolute atomic E-state index is 0.0699. The van der Waals surface area contributed by atoms with Crippen LogP contribution in [0, 0.1) is 6.92 Å². The number of aromatic nitrogens is 3. The average molecular weight is 306 g/mol. The Morgan fingerprint density at radius 2 is 1.75 bits per heavy atom. The van der Waals surface area contributed by atoms with Crippen LogP contribution >= 0.6 is 0 Å². The smallest absolute Gasteiger partial charge is 0.367 e. The number of hydrogen-bond acceptors (Lipinski definition) is 5. The summed E-state index contributed by atoms with van der Waals surface area (Å²) in [5.74, 6) is -2.46. The molecule has 0 aliphatic heterocycles. The lowest BCUT2D eigenvalue weighted by atomic mass is 10.2. The molecule has 20 heavy (non-hydrogen) atoms. The van der Waals surface area contributed by atoms with Gasteiger partial charge in [-0.1, -0.05) is 17.7 Å². The van der Waals surface area contributed by atoms with Gasteiger partial charge in [0.1, 0.15) is 0 Å². The number of aryl methyl sites for hydroxylation is 1. The van der Waals surface area contributed by atoms with E-state index in [1.165, 1.54) is 24.3 Å². The molecule has 2 aromatic rings. The van der Waals surface area contributed by atoms with Crippen molar-refractivity contribution >= 4 is 16.0 Å². The van der Waals surface area contributed by atoms with Crippen molar-refractivity contribution in [2.24, 2.45) is 0 Å². The summed E-state index contributed by atoms with van der Waals surface area (Å²) in [6, 6.07) is 5.51. The van der Waals surface area contributed by atoms with Gasteiger partial charge in [0.05, 0.1) is 4.90 Å². The molecule has 6 nitrogen and oxygen atoms in total. The Balaban J connectivity index is 2.55. The zero-order chi connectivity index (χ0) is 15.1. The Labute approximate surface area is 112 Å². The summed E-state index contributed by atoms with van der Waals surface area (Å²) in [5, 5.41) is 2.92. The summed E-state index contributed by atoms with van der Waals surface area (Å²) in [4.78, 5) is 2.69. The Bertz CT molecular complexity index is 735. The average Bonchev–Trinajstić information content (AvgIpc) is 2.72. The van der Waals surface area contributed by atoms with Crippen LogP contribution in [-0.2, 0) is 16.2 Å². The van der Waals surface area contributed by atoms with Crippen molar-refractivity contribution in [2.45, 2.75) is 18.0 Å². The van der Waals surface area contributed by atoms with Gasteiger partial charge in [0.2, 0.25) is 5.95 Å². The Hall–Kier alpha value is -2.10. The molecule has 108 valence electrons. The molecule has 10 heteroatoms. The first-order valence-electron chi connectivity index (χ1n) is 5.24. The molecule has 0 bridgehead atoms. The van der Waals surface area contributed by atoms with Gasteiger partial charge in [0.15, 0.2) is 0 Å². The van der Waals surface area contributed by atoms with Gasteiger partial charge in [-0.2, -0.15) is 26.6 Å². The van der Waals surface area contributed by atoms with Crippen LogP contribution in [0.25, 0.3) is 0 Å². The summed E-state index contributed by atoms with van der Waals surface area (Å²) >= 11 is 0. The third-order valence-corrected chi connectivity index (χ3v) is 3.99. The van der Waals surface area contributed by atoms with Crippen molar-refractivity contribution in [1.82, 2.24) is 14.2 Å². The van der Waals surface area contributed by atoms with Gasteiger partial charge in [0, 0.05) is 0 Å². The number of nitrogens with zero attached hydrogens (tertiary/aromatic N) is 3. The molecule has 0 saturated heterocycles. The fourth-order valence-corrected chi connectivity index (χ4v) is 2.57. The highest BCUT2D eigenvalue weighted by molar-refractivity contribution is 7.90. The van der Waals surface area contributed by atoms with Crippen molar-refractivity contribution < 1.29 is 21.6 Å². The lowest BCUT2D eigenvalue weighted by Crippen LogP contribution is -2.18. The molecule has 0 spiro atoms. The third-order valence-electron chi connectivity index (χ3n) is 2.40. The molecule has 1 aromatic carbocycles. The Morgan fingerprint density at radius 1 is 1.20 bits per heavy atom. The van der Waals surface area contributed by atoms with Crippen LogP contribution in [0.1, 0.15) is 11.4 Å². The molecular weight excluding hydrogens is 297 g/mol. The first-order valence-corrected chi connectivity index (χ1v) is 6.68. The van der Waals surface area contributed by atoms with Crippen LogP contribution in [0.3, 0.4) is 0 Å². The van der Waals surface area contributed by atoms with Gasteiger partial charge in [0.25, 0.3) is 15.8 Å². The van der Waals surface area contributed by atoms with Crippen molar-refractivity contribution in [3.05, 3.63) is 35.7 Å². The SMILES string of the molecule is Cc1ccc(S(=O)(=O)n2nc(C(F)(F)F)nc2N)cc1. The first kappa shape index (κ1) is 14.3. The fraction of sp³-hybridized carbons (Fsp3) is 0.200. The standard InChI is InChI=1S/C10H9F3N4O2S/c1-6-2-4-7(5-3-6)20(18,19)17-9(14)15-8(16-17)10(11,12)13/h2-5H,1H3,(H2,14,15,16). The van der Waals surface area contributed by atoms with E-state index in [0.29, 0.717) is 0 Å². The molecule has 1 heterocycles. The number of rotatable bonds is 2. The van der Waals surface area contributed by atoms with Crippen LogP contribution in [-0.4, -0.2) is 22.6 Å². The van der Waals surface area contributed by atoms with Crippen molar-refractivity contribution in [2.75, 3.05) is 5.73 Å². The highest BCUT2D eigenvalue weighted by Gasteiger charge is 2.38. The van der Waals surface area contributed by atoms with Crippen LogP contribution in [0.15, 0.2) is 29.2 Å². The van der Waals surface area contributed by atoms with Gasteiger partial charge >= 0.3 is 6.18 Å². The molecule has 1 aromatic heterocycles. The zero-order valence-corrected chi connectivity index (χ0v) is 10.9. The molecule has 2 N–H and O–H groups in total. The molecular formula is C10H9F3N4O2S. The van der Waals surface area contributed by atoms with Crippen LogP contribution in [0.2, 0.25) is 0 Å². The molecule has 0 atom stereocenters. The van der Waals surface area contributed by atoms with Gasteiger partial charge in [-0.05, 0) is 19.1 Å². The second kappa shape index (κ2) is 4.47. The Morgan fingerprint density at radius 3 is 2.20 bits per heavy atom. The lowest BCUT2D eigenvalue weighted by Gasteiger charge is -2.05. The van der Waals surface area contributed by atoms with Gasteiger partial charge in [-0.15, -0.1) is 9.19 Å².